The molecular weight excluding hydrogens is 394 g/mol. The summed E-state index contributed by atoms with van der Waals surface area (Å²) in [5, 5.41) is 12.3. The maximum Gasteiger partial charge on any atom is 0.261 e. The zero-order chi connectivity index (χ0) is 20.9. The minimum atomic E-state index is -0.0425. The van der Waals surface area contributed by atoms with Gasteiger partial charge in [-0.1, -0.05) is 24.3 Å². The van der Waals surface area contributed by atoms with Gasteiger partial charge in [0.1, 0.15) is 5.75 Å². The molecule has 2 N–H and O–H groups in total. The number of phenols is 1. The summed E-state index contributed by atoms with van der Waals surface area (Å²) in [6.45, 7) is 4.87. The third kappa shape index (κ3) is 5.01. The Morgan fingerprint density at radius 3 is 2.37 bits per heavy atom. The zero-order valence-corrected chi connectivity index (χ0v) is 18.0. The van der Waals surface area contributed by atoms with Crippen LogP contribution in [0.4, 0.5) is 5.69 Å². The minimum Gasteiger partial charge on any atom is -0.508 e. The van der Waals surface area contributed by atoms with E-state index in [9.17, 15) is 9.90 Å². The summed E-state index contributed by atoms with van der Waals surface area (Å²) < 4.78 is 0. The molecule has 1 amide bonds. The van der Waals surface area contributed by atoms with Crippen LogP contribution < -0.4 is 10.2 Å². The van der Waals surface area contributed by atoms with E-state index in [0.717, 1.165) is 53.5 Å². The molecule has 1 aliphatic rings. The number of carbonyl (C=O) groups is 1. The van der Waals surface area contributed by atoms with Crippen molar-refractivity contribution >= 4 is 22.9 Å². The van der Waals surface area contributed by atoms with Crippen LogP contribution in [0.2, 0.25) is 0 Å². The van der Waals surface area contributed by atoms with Crippen LogP contribution in [0.3, 0.4) is 0 Å². The highest BCUT2D eigenvalue weighted by molar-refractivity contribution is 7.17. The van der Waals surface area contributed by atoms with E-state index in [-0.39, 0.29) is 11.7 Å². The summed E-state index contributed by atoms with van der Waals surface area (Å²) in [5.74, 6) is 0.213. The van der Waals surface area contributed by atoms with E-state index in [2.05, 4.69) is 46.4 Å². The quantitative estimate of drug-likeness (QED) is 0.635. The lowest BCUT2D eigenvalue weighted by molar-refractivity contribution is 0.0958. The molecule has 30 heavy (non-hydrogen) atoms. The Bertz CT molecular complexity index is 974. The molecule has 0 saturated carbocycles. The molecule has 0 unspecified atom stereocenters. The molecule has 1 fully saturated rings. The normalized spacial score (nSPS) is 14.6. The van der Waals surface area contributed by atoms with Crippen LogP contribution in [0.1, 0.15) is 15.2 Å². The predicted octanol–water partition coefficient (Wildman–Crippen LogP) is 3.85. The summed E-state index contributed by atoms with van der Waals surface area (Å²) in [6.07, 6.45) is 0.734. The highest BCUT2D eigenvalue weighted by Gasteiger charge is 2.15. The average Bonchev–Trinajstić information content (AvgIpc) is 3.26. The highest BCUT2D eigenvalue weighted by atomic mass is 32.1. The van der Waals surface area contributed by atoms with Crippen molar-refractivity contribution in [1.82, 2.24) is 10.2 Å². The molecule has 2 heterocycles. The summed E-state index contributed by atoms with van der Waals surface area (Å²) >= 11 is 1.52. The molecule has 0 aliphatic carbocycles. The maximum absolute atomic E-state index is 12.5. The standard InChI is InChI=1S/C24H27N3O2S/c1-26-14-16-27(17-15-26)20-6-4-19(5-7-20)22-10-11-23(30-22)24(29)25-13-12-18-2-8-21(28)9-3-18/h2-11,28H,12-17H2,1H3,(H,25,29). The Kier molecular flexibility index (Phi) is 6.35. The number of nitrogens with one attached hydrogen (secondary N) is 1. The first-order valence-electron chi connectivity index (χ1n) is 10.3. The van der Waals surface area contributed by atoms with Crippen LogP contribution in [0.15, 0.2) is 60.7 Å². The number of rotatable bonds is 6. The number of benzene rings is 2. The van der Waals surface area contributed by atoms with Gasteiger partial charge >= 0.3 is 0 Å². The molecule has 6 heteroatoms. The lowest BCUT2D eigenvalue weighted by Gasteiger charge is -2.34. The lowest BCUT2D eigenvalue weighted by atomic mass is 10.1. The van der Waals surface area contributed by atoms with Crippen molar-refractivity contribution in [2.75, 3.05) is 44.7 Å². The van der Waals surface area contributed by atoms with Crippen LogP contribution in [0.5, 0.6) is 5.75 Å². The second kappa shape index (κ2) is 9.32. The molecule has 4 rings (SSSR count). The first-order chi connectivity index (χ1) is 14.6. The van der Waals surface area contributed by atoms with Gasteiger partial charge in [-0.2, -0.15) is 0 Å². The second-order valence-corrected chi connectivity index (χ2v) is 8.76. The predicted molar refractivity (Wildman–Crippen MR) is 124 cm³/mol. The van der Waals surface area contributed by atoms with Crippen molar-refractivity contribution in [2.45, 2.75) is 6.42 Å². The van der Waals surface area contributed by atoms with Gasteiger partial charge in [0.05, 0.1) is 4.88 Å². The molecule has 2 aromatic carbocycles. The Hall–Kier alpha value is -2.83. The number of piperazine rings is 1. The van der Waals surface area contributed by atoms with Crippen LogP contribution in [0, 0.1) is 0 Å². The first kappa shape index (κ1) is 20.4. The molecular formula is C24H27N3O2S. The van der Waals surface area contributed by atoms with Gasteiger partial charge in [0.25, 0.3) is 5.91 Å². The smallest absolute Gasteiger partial charge is 0.261 e. The molecule has 156 valence electrons. The fourth-order valence-electron chi connectivity index (χ4n) is 3.59. The molecule has 3 aromatic rings. The minimum absolute atomic E-state index is 0.0425. The number of hydrogen-bond donors (Lipinski definition) is 2. The van der Waals surface area contributed by atoms with Gasteiger partial charge in [-0.15, -0.1) is 11.3 Å². The summed E-state index contributed by atoms with van der Waals surface area (Å²) in [7, 11) is 2.17. The fourth-order valence-corrected chi connectivity index (χ4v) is 4.51. The van der Waals surface area contributed by atoms with Gasteiger partial charge < -0.3 is 20.2 Å². The van der Waals surface area contributed by atoms with Crippen molar-refractivity contribution in [3.8, 4) is 16.2 Å². The largest absolute Gasteiger partial charge is 0.508 e. The van der Waals surface area contributed by atoms with Gasteiger partial charge in [-0.05, 0) is 61.0 Å². The number of anilines is 1. The van der Waals surface area contributed by atoms with E-state index in [0.29, 0.717) is 6.54 Å². The topological polar surface area (TPSA) is 55.8 Å². The number of phenolic OH excluding ortho intramolecular Hbond substituents is 1. The summed E-state index contributed by atoms with van der Waals surface area (Å²) in [4.78, 5) is 19.1. The average molecular weight is 422 g/mol. The van der Waals surface area contributed by atoms with Gasteiger partial charge in [0, 0.05) is 43.3 Å². The van der Waals surface area contributed by atoms with E-state index < -0.39 is 0 Å². The molecule has 0 spiro atoms. The van der Waals surface area contributed by atoms with E-state index in [4.69, 9.17) is 0 Å². The monoisotopic (exact) mass is 421 g/mol. The molecule has 5 nitrogen and oxygen atoms in total. The van der Waals surface area contributed by atoms with Crippen LogP contribution >= 0.6 is 11.3 Å². The molecule has 0 bridgehead atoms. The van der Waals surface area contributed by atoms with Crippen molar-refractivity contribution in [3.05, 3.63) is 71.1 Å². The Morgan fingerprint density at radius 1 is 0.967 bits per heavy atom. The third-order valence-corrected chi connectivity index (χ3v) is 6.62. The number of nitrogens with zero attached hydrogens (tertiary/aromatic N) is 2. The van der Waals surface area contributed by atoms with Crippen LogP contribution in [-0.4, -0.2) is 55.7 Å². The third-order valence-electron chi connectivity index (χ3n) is 5.49. The first-order valence-corrected chi connectivity index (χ1v) is 11.1. The van der Waals surface area contributed by atoms with Crippen molar-refractivity contribution in [3.63, 3.8) is 0 Å². The fraction of sp³-hybridized carbons (Fsp3) is 0.292. The van der Waals surface area contributed by atoms with Crippen molar-refractivity contribution in [1.29, 1.82) is 0 Å². The van der Waals surface area contributed by atoms with Crippen LogP contribution in [0.25, 0.3) is 10.4 Å². The Balaban J connectivity index is 1.32. The van der Waals surface area contributed by atoms with Gasteiger partial charge in [0.15, 0.2) is 0 Å². The number of amides is 1. The summed E-state index contributed by atoms with van der Waals surface area (Å²) in [5.41, 5.74) is 3.48. The number of carbonyl (C=O) groups excluding carboxylic acids is 1. The van der Waals surface area contributed by atoms with E-state index in [1.165, 1.54) is 17.0 Å². The molecule has 1 saturated heterocycles. The Labute approximate surface area is 181 Å². The molecule has 1 aliphatic heterocycles. The van der Waals surface area contributed by atoms with E-state index in [1.807, 2.05) is 24.3 Å². The Morgan fingerprint density at radius 2 is 1.67 bits per heavy atom. The summed E-state index contributed by atoms with van der Waals surface area (Å²) in [6, 6.07) is 19.6. The van der Waals surface area contributed by atoms with Crippen molar-refractivity contribution < 1.29 is 9.90 Å². The SMILES string of the molecule is CN1CCN(c2ccc(-c3ccc(C(=O)NCCc4ccc(O)cc4)s3)cc2)CC1. The maximum atomic E-state index is 12.5. The van der Waals surface area contributed by atoms with E-state index >= 15 is 0 Å². The van der Waals surface area contributed by atoms with E-state index in [1.54, 1.807) is 12.1 Å². The van der Waals surface area contributed by atoms with Crippen LogP contribution in [-0.2, 0) is 6.42 Å². The second-order valence-electron chi connectivity index (χ2n) is 7.67. The molecule has 0 atom stereocenters. The number of thiophene rings is 1. The number of aromatic hydroxyl groups is 1. The van der Waals surface area contributed by atoms with Crippen molar-refractivity contribution in [2.24, 2.45) is 0 Å². The highest BCUT2D eigenvalue weighted by Crippen LogP contribution is 2.30. The zero-order valence-electron chi connectivity index (χ0n) is 17.2. The van der Waals surface area contributed by atoms with Gasteiger partial charge in [-0.25, -0.2) is 0 Å². The van der Waals surface area contributed by atoms with Gasteiger partial charge in [-0.3, -0.25) is 4.79 Å². The lowest BCUT2D eigenvalue weighted by Crippen LogP contribution is -2.44. The molecule has 1 aromatic heterocycles. The number of hydrogen-bond acceptors (Lipinski definition) is 5. The van der Waals surface area contributed by atoms with Gasteiger partial charge in [0.2, 0.25) is 0 Å². The number of likely N-dealkylation sites (N-methyl/N-ethyl adjacent to an activating group) is 1. The molecule has 0 radical (unpaired) electrons.